The number of aromatic nitrogens is 1. The van der Waals surface area contributed by atoms with Crippen molar-refractivity contribution in [3.63, 3.8) is 0 Å². The summed E-state index contributed by atoms with van der Waals surface area (Å²) in [6.45, 7) is 2.51. The van der Waals surface area contributed by atoms with Gasteiger partial charge in [0.2, 0.25) is 5.91 Å². The predicted octanol–water partition coefficient (Wildman–Crippen LogP) is 2.20. The number of aliphatic hydroxyl groups is 2. The molecule has 2 aliphatic heterocycles. The molecule has 4 N–H and O–H groups in total. The number of rotatable bonds is 8. The Morgan fingerprint density at radius 3 is 2.18 bits per heavy atom. The first-order valence-corrected chi connectivity index (χ1v) is 14.5. The number of halogens is 1. The summed E-state index contributed by atoms with van der Waals surface area (Å²) in [5, 5.41) is 28.9. The van der Waals surface area contributed by atoms with Gasteiger partial charge in [0.1, 0.15) is 5.82 Å². The zero-order chi connectivity index (χ0) is 31.6. The third-order valence-corrected chi connectivity index (χ3v) is 8.29. The molecule has 13 heteroatoms. The molecule has 0 bridgehead atoms. The van der Waals surface area contributed by atoms with Crippen LogP contribution in [0.1, 0.15) is 52.5 Å². The molecule has 2 fully saturated rings. The molecule has 234 valence electrons. The van der Waals surface area contributed by atoms with Crippen molar-refractivity contribution in [2.45, 2.75) is 38.4 Å². The van der Waals surface area contributed by atoms with Gasteiger partial charge in [-0.2, -0.15) is 0 Å². The number of nitrogens with one attached hydrogen (secondary N) is 1. The lowest BCUT2D eigenvalue weighted by Gasteiger charge is -2.35. The van der Waals surface area contributed by atoms with Gasteiger partial charge in [-0.1, -0.05) is 12.1 Å². The minimum Gasteiger partial charge on any atom is -0.365 e. The predicted molar refractivity (Wildman–Crippen MR) is 155 cm³/mol. The molecule has 2 aliphatic rings. The third-order valence-electron chi connectivity index (χ3n) is 8.29. The highest BCUT2D eigenvalue weighted by molar-refractivity contribution is 6.45. The highest BCUT2D eigenvalue weighted by Gasteiger charge is 2.33. The number of amides is 3. The average Bonchev–Trinajstić information content (AvgIpc) is 3.43. The molecule has 12 nitrogen and oxygen atoms in total. The van der Waals surface area contributed by atoms with Crippen LogP contribution in [-0.4, -0.2) is 104 Å². The second-order valence-electron chi connectivity index (χ2n) is 11.6. The highest BCUT2D eigenvalue weighted by Crippen LogP contribution is 2.31. The van der Waals surface area contributed by atoms with Crippen LogP contribution in [0.3, 0.4) is 0 Å². The number of fused-ring (bicyclic) bond motifs is 1. The van der Waals surface area contributed by atoms with Crippen molar-refractivity contribution in [1.29, 1.82) is 0 Å². The van der Waals surface area contributed by atoms with E-state index in [-0.39, 0.29) is 54.8 Å². The maximum Gasteiger partial charge on any atom is 0.295 e. The van der Waals surface area contributed by atoms with Crippen LogP contribution in [0.4, 0.5) is 4.39 Å². The van der Waals surface area contributed by atoms with Crippen LogP contribution < -0.4 is 4.89 Å². The van der Waals surface area contributed by atoms with Gasteiger partial charge in [-0.3, -0.25) is 19.2 Å². The first-order valence-electron chi connectivity index (χ1n) is 14.5. The van der Waals surface area contributed by atoms with Crippen molar-refractivity contribution in [2.24, 2.45) is 5.92 Å². The Bertz CT molecular complexity index is 1550. The molecule has 0 saturated carbocycles. The minimum atomic E-state index is -2.14. The molecule has 3 heterocycles. The number of carbonyl (C=O) groups is 4. The number of likely N-dealkylation sites (tertiary alicyclic amines) is 1. The van der Waals surface area contributed by atoms with E-state index in [1.54, 1.807) is 17.0 Å². The second kappa shape index (κ2) is 12.7. The Labute approximate surface area is 252 Å². The Balaban J connectivity index is 1.26. The van der Waals surface area contributed by atoms with E-state index in [0.29, 0.717) is 29.9 Å². The number of aromatic amines is 1. The molecule has 0 unspecified atom stereocenters. The lowest BCUT2D eigenvalue weighted by molar-refractivity contribution is -0.169. The normalized spacial score (nSPS) is 16.3. The zero-order valence-electron chi connectivity index (χ0n) is 24.3. The monoisotopic (exact) mass is 610 g/mol. The van der Waals surface area contributed by atoms with E-state index in [1.807, 2.05) is 0 Å². The molecule has 3 amide bonds. The van der Waals surface area contributed by atoms with Gasteiger partial charge in [0, 0.05) is 56.9 Å². The smallest absolute Gasteiger partial charge is 0.295 e. The first-order chi connectivity index (χ1) is 20.9. The molecular formula is C31H35FN4O8. The van der Waals surface area contributed by atoms with Gasteiger partial charge in [0.05, 0.1) is 23.1 Å². The van der Waals surface area contributed by atoms with Crippen LogP contribution >= 0.6 is 0 Å². The third kappa shape index (κ3) is 6.90. The van der Waals surface area contributed by atoms with Gasteiger partial charge in [0.15, 0.2) is 11.5 Å². The summed E-state index contributed by atoms with van der Waals surface area (Å²) in [5.74, 6) is -4.62. The standard InChI is InChI=1S/C31H35FN4O8/c1-31(41,42)17-27(37)34-10-12-36(13-11-34)30(40)28(38)24-18-33-25-16-26(44-43)23(15-22(24)25)29(39)35-8-6-20(7-9-35)14-19-2-4-21(32)5-3-19/h2-5,15-16,18,20,33,41-43H,6-14,17H2,1H3. The van der Waals surface area contributed by atoms with Crippen LogP contribution in [0.25, 0.3) is 10.9 Å². The number of hydrogen-bond acceptors (Lipinski definition) is 8. The lowest BCUT2D eigenvalue weighted by Crippen LogP contribution is -2.53. The number of Topliss-reactive ketones (excluding diaryl/α,β-unsaturated/α-hetero) is 1. The van der Waals surface area contributed by atoms with Crippen molar-refractivity contribution in [3.8, 4) is 5.75 Å². The summed E-state index contributed by atoms with van der Waals surface area (Å²) < 4.78 is 13.2. The molecule has 3 aromatic rings. The molecule has 2 aromatic carbocycles. The summed E-state index contributed by atoms with van der Waals surface area (Å²) in [4.78, 5) is 64.1. The van der Waals surface area contributed by atoms with Gasteiger partial charge in [-0.25, -0.2) is 9.65 Å². The molecule has 0 atom stereocenters. The van der Waals surface area contributed by atoms with Crippen LogP contribution in [0.2, 0.25) is 0 Å². The van der Waals surface area contributed by atoms with Crippen molar-refractivity contribution >= 4 is 34.4 Å². The number of piperidine rings is 1. The molecule has 5 rings (SSSR count). The van der Waals surface area contributed by atoms with E-state index in [0.717, 1.165) is 31.7 Å². The number of benzene rings is 2. The largest absolute Gasteiger partial charge is 0.365 e. The summed E-state index contributed by atoms with van der Waals surface area (Å²) >= 11 is 0. The fourth-order valence-corrected chi connectivity index (χ4v) is 5.86. The van der Waals surface area contributed by atoms with Gasteiger partial charge in [-0.05, 0) is 55.9 Å². The molecule has 0 aliphatic carbocycles. The average molecular weight is 611 g/mol. The number of piperazine rings is 1. The number of carbonyl (C=O) groups excluding carboxylic acids is 4. The molecule has 1 aromatic heterocycles. The first kappa shape index (κ1) is 31.1. The van der Waals surface area contributed by atoms with Crippen molar-refractivity contribution in [1.82, 2.24) is 19.7 Å². The fraction of sp³-hybridized carbons (Fsp3) is 0.419. The molecule has 2 saturated heterocycles. The van der Waals surface area contributed by atoms with E-state index >= 15 is 0 Å². The quantitative estimate of drug-likeness (QED) is 0.0992. The lowest BCUT2D eigenvalue weighted by atomic mass is 9.90. The summed E-state index contributed by atoms with van der Waals surface area (Å²) in [6, 6.07) is 9.22. The van der Waals surface area contributed by atoms with Gasteiger partial charge < -0.3 is 34.8 Å². The molecule has 0 spiro atoms. The van der Waals surface area contributed by atoms with E-state index < -0.39 is 29.8 Å². The fourth-order valence-electron chi connectivity index (χ4n) is 5.86. The van der Waals surface area contributed by atoms with E-state index in [4.69, 9.17) is 0 Å². The summed E-state index contributed by atoms with van der Waals surface area (Å²) in [6.07, 6.45) is 3.13. The van der Waals surface area contributed by atoms with Crippen molar-refractivity contribution < 1.29 is 43.9 Å². The Morgan fingerprint density at radius 2 is 1.57 bits per heavy atom. The molecule has 0 radical (unpaired) electrons. The van der Waals surface area contributed by atoms with Gasteiger partial charge in [0.25, 0.3) is 17.6 Å². The molecular weight excluding hydrogens is 575 g/mol. The summed E-state index contributed by atoms with van der Waals surface area (Å²) in [7, 11) is 0. The number of ketones is 1. The number of nitrogens with zero attached hydrogens (tertiary/aromatic N) is 3. The van der Waals surface area contributed by atoms with Gasteiger partial charge in [-0.15, -0.1) is 0 Å². The highest BCUT2D eigenvalue weighted by atomic mass is 19.1. The Hall–Kier alpha value is -4.33. The van der Waals surface area contributed by atoms with Gasteiger partial charge >= 0.3 is 0 Å². The maximum absolute atomic E-state index is 13.5. The van der Waals surface area contributed by atoms with Crippen molar-refractivity contribution in [3.05, 3.63) is 65.1 Å². The van der Waals surface area contributed by atoms with E-state index in [9.17, 15) is 39.0 Å². The SMILES string of the molecule is CC(O)(O)CC(=O)N1CCN(C(=O)C(=O)c2c[nH]c3cc(OO)c(C(=O)N4CCC(Cc5ccc(F)cc5)CC4)cc23)CC1. The zero-order valence-corrected chi connectivity index (χ0v) is 24.3. The van der Waals surface area contributed by atoms with Crippen LogP contribution in [-0.2, 0) is 16.0 Å². The maximum atomic E-state index is 13.5. The number of H-pyrrole nitrogens is 1. The van der Waals surface area contributed by atoms with E-state index in [2.05, 4.69) is 9.87 Å². The Morgan fingerprint density at radius 1 is 0.932 bits per heavy atom. The molecule has 44 heavy (non-hydrogen) atoms. The summed E-state index contributed by atoms with van der Waals surface area (Å²) in [5.41, 5.74) is 1.51. The Kier molecular flexibility index (Phi) is 9.00. The van der Waals surface area contributed by atoms with Crippen LogP contribution in [0.5, 0.6) is 5.75 Å². The topological polar surface area (TPSA) is 164 Å². The van der Waals surface area contributed by atoms with Crippen LogP contribution in [0.15, 0.2) is 42.6 Å². The minimum absolute atomic E-state index is 0.0463. The number of hydrogen-bond donors (Lipinski definition) is 4. The second-order valence-corrected chi connectivity index (χ2v) is 11.6. The van der Waals surface area contributed by atoms with Crippen LogP contribution in [0, 0.1) is 11.7 Å². The van der Waals surface area contributed by atoms with Crippen molar-refractivity contribution in [2.75, 3.05) is 39.3 Å². The van der Waals surface area contributed by atoms with E-state index in [1.165, 1.54) is 40.3 Å².